The number of carbonyl (C=O) groups is 1. The molecule has 40 heavy (non-hydrogen) atoms. The first-order valence-electron chi connectivity index (χ1n) is 12.4. The van der Waals surface area contributed by atoms with Crippen LogP contribution in [0.1, 0.15) is 56.8 Å². The summed E-state index contributed by atoms with van der Waals surface area (Å²) >= 11 is 7.84. The van der Waals surface area contributed by atoms with E-state index in [-0.39, 0.29) is 37.9 Å². The summed E-state index contributed by atoms with van der Waals surface area (Å²) < 4.78 is 2.01. The molecular weight excluding hydrogens is 567 g/mol. The number of aliphatic hydroxyl groups is 1. The molecule has 206 valence electrons. The van der Waals surface area contributed by atoms with E-state index in [1.54, 1.807) is 29.5 Å². The van der Waals surface area contributed by atoms with E-state index in [1.807, 2.05) is 35.8 Å². The molecule has 1 atom stereocenters. The highest BCUT2D eigenvalue weighted by Crippen LogP contribution is 2.39. The number of rotatable bonds is 5. The van der Waals surface area contributed by atoms with Crippen LogP contribution in [-0.4, -0.2) is 38.0 Å². The molecule has 0 aliphatic carbocycles. The SMILES string of the molecule is Cc1sc2c(c1C)C(c1ccc(Cl)cc1)=N[C@@H](CC(=O)Nc1ccc(C#CCN)c(CO)c1)c1nnc(C)n1-2.Cl. The van der Waals surface area contributed by atoms with Gasteiger partial charge < -0.3 is 16.2 Å². The molecule has 0 saturated heterocycles. The van der Waals surface area contributed by atoms with E-state index in [9.17, 15) is 9.90 Å². The summed E-state index contributed by atoms with van der Waals surface area (Å²) in [5.41, 5.74) is 11.1. The first kappa shape index (κ1) is 29.5. The summed E-state index contributed by atoms with van der Waals surface area (Å²) in [6.07, 6.45) is 0.0470. The zero-order chi connectivity index (χ0) is 27.7. The smallest absolute Gasteiger partial charge is 0.227 e. The van der Waals surface area contributed by atoms with E-state index >= 15 is 0 Å². The van der Waals surface area contributed by atoms with E-state index in [0.29, 0.717) is 27.7 Å². The van der Waals surface area contributed by atoms with Gasteiger partial charge in [0.25, 0.3) is 0 Å². The Hall–Kier alpha value is -3.52. The van der Waals surface area contributed by atoms with Gasteiger partial charge in [-0.15, -0.1) is 33.9 Å². The monoisotopic (exact) mass is 594 g/mol. The van der Waals surface area contributed by atoms with Crippen LogP contribution in [0.4, 0.5) is 5.69 Å². The topological polar surface area (TPSA) is 118 Å². The Morgan fingerprint density at radius 2 is 1.93 bits per heavy atom. The fraction of sp³-hybridized carbons (Fsp3) is 0.241. The third-order valence-electron chi connectivity index (χ3n) is 6.62. The van der Waals surface area contributed by atoms with Crippen molar-refractivity contribution in [2.45, 2.75) is 39.8 Å². The molecule has 0 fully saturated rings. The van der Waals surface area contributed by atoms with Crippen LogP contribution in [0, 0.1) is 32.6 Å². The number of nitrogens with two attached hydrogens (primary N) is 1. The van der Waals surface area contributed by atoms with Crippen molar-refractivity contribution in [3.8, 4) is 16.8 Å². The van der Waals surface area contributed by atoms with Gasteiger partial charge in [0, 0.05) is 32.3 Å². The quantitative estimate of drug-likeness (QED) is 0.279. The lowest BCUT2D eigenvalue weighted by atomic mass is 9.99. The Labute approximate surface area is 247 Å². The molecule has 1 amide bonds. The van der Waals surface area contributed by atoms with Gasteiger partial charge in [0.1, 0.15) is 16.9 Å². The van der Waals surface area contributed by atoms with Crippen LogP contribution >= 0.6 is 35.3 Å². The lowest BCUT2D eigenvalue weighted by Gasteiger charge is -2.14. The second-order valence-electron chi connectivity index (χ2n) is 9.19. The number of hydrogen-bond donors (Lipinski definition) is 3. The summed E-state index contributed by atoms with van der Waals surface area (Å²) in [7, 11) is 0. The molecule has 1 aliphatic heterocycles. The van der Waals surface area contributed by atoms with E-state index in [4.69, 9.17) is 22.3 Å². The second-order valence-corrected chi connectivity index (χ2v) is 10.8. The van der Waals surface area contributed by atoms with Crippen LogP contribution in [0.25, 0.3) is 5.00 Å². The maximum Gasteiger partial charge on any atom is 0.227 e. The lowest BCUT2D eigenvalue weighted by Crippen LogP contribution is -2.17. The molecule has 3 heterocycles. The largest absolute Gasteiger partial charge is 0.392 e. The predicted molar refractivity (Wildman–Crippen MR) is 162 cm³/mol. The van der Waals surface area contributed by atoms with Crippen molar-refractivity contribution in [3.05, 3.63) is 91.8 Å². The Bertz CT molecular complexity index is 1660. The number of nitrogens with one attached hydrogen (secondary N) is 1. The van der Waals surface area contributed by atoms with Gasteiger partial charge in [0.2, 0.25) is 5.91 Å². The number of amides is 1. The minimum Gasteiger partial charge on any atom is -0.392 e. The molecule has 4 aromatic rings. The van der Waals surface area contributed by atoms with Gasteiger partial charge in [-0.25, -0.2) is 0 Å². The minimum atomic E-state index is -0.580. The van der Waals surface area contributed by atoms with Crippen LogP contribution in [0.3, 0.4) is 0 Å². The van der Waals surface area contributed by atoms with Crippen molar-refractivity contribution in [3.63, 3.8) is 0 Å². The lowest BCUT2D eigenvalue weighted by molar-refractivity contribution is -0.116. The van der Waals surface area contributed by atoms with Crippen molar-refractivity contribution in [2.75, 3.05) is 11.9 Å². The number of nitrogens with zero attached hydrogens (tertiary/aromatic N) is 4. The summed E-state index contributed by atoms with van der Waals surface area (Å²) in [5.74, 6) is 6.82. The average molecular weight is 596 g/mol. The second kappa shape index (κ2) is 12.3. The molecule has 1 aliphatic rings. The number of aliphatic imine (C=N–C) groups is 1. The first-order chi connectivity index (χ1) is 18.8. The van der Waals surface area contributed by atoms with Crippen molar-refractivity contribution >= 4 is 52.7 Å². The van der Waals surface area contributed by atoms with E-state index < -0.39 is 6.04 Å². The number of aryl methyl sites for hydroxylation is 2. The van der Waals surface area contributed by atoms with Crippen molar-refractivity contribution in [2.24, 2.45) is 10.7 Å². The van der Waals surface area contributed by atoms with Crippen LogP contribution in [-0.2, 0) is 11.4 Å². The van der Waals surface area contributed by atoms with Crippen molar-refractivity contribution < 1.29 is 9.90 Å². The van der Waals surface area contributed by atoms with Crippen LogP contribution in [0.2, 0.25) is 5.02 Å². The molecule has 2 aromatic heterocycles. The fourth-order valence-electron chi connectivity index (χ4n) is 4.59. The third kappa shape index (κ3) is 5.68. The van der Waals surface area contributed by atoms with Gasteiger partial charge in [-0.05, 0) is 62.2 Å². The van der Waals surface area contributed by atoms with Gasteiger partial charge >= 0.3 is 0 Å². The van der Waals surface area contributed by atoms with Gasteiger partial charge in [-0.1, -0.05) is 35.6 Å². The molecule has 0 radical (unpaired) electrons. The maximum absolute atomic E-state index is 13.3. The van der Waals surface area contributed by atoms with E-state index in [1.165, 1.54) is 4.88 Å². The minimum absolute atomic E-state index is 0. The summed E-state index contributed by atoms with van der Waals surface area (Å²) in [6.45, 7) is 6.09. The zero-order valence-electron chi connectivity index (χ0n) is 22.2. The number of hydrogen-bond acceptors (Lipinski definition) is 7. The summed E-state index contributed by atoms with van der Waals surface area (Å²) in [5, 5.41) is 23.1. The van der Waals surface area contributed by atoms with Gasteiger partial charge in [0.05, 0.1) is 25.3 Å². The molecule has 11 heteroatoms. The highest BCUT2D eigenvalue weighted by atomic mass is 35.5. The molecule has 2 aromatic carbocycles. The molecule has 0 bridgehead atoms. The molecule has 0 saturated carbocycles. The first-order valence-corrected chi connectivity index (χ1v) is 13.6. The molecular formula is C29H28Cl2N6O2S. The highest BCUT2D eigenvalue weighted by Gasteiger charge is 2.32. The molecule has 8 nitrogen and oxygen atoms in total. The Balaban J connectivity index is 0.00000370. The Kier molecular flexibility index (Phi) is 9.08. The number of carbonyl (C=O) groups excluding carboxylic acids is 1. The fourth-order valence-corrected chi connectivity index (χ4v) is 5.93. The zero-order valence-corrected chi connectivity index (χ0v) is 24.5. The highest BCUT2D eigenvalue weighted by molar-refractivity contribution is 7.15. The van der Waals surface area contributed by atoms with E-state index in [2.05, 4.69) is 41.2 Å². The van der Waals surface area contributed by atoms with Gasteiger partial charge in [0.15, 0.2) is 5.82 Å². The number of thiophene rings is 1. The summed E-state index contributed by atoms with van der Waals surface area (Å²) in [6, 6.07) is 12.2. The normalized spacial score (nSPS) is 13.7. The standard InChI is InChI=1S/C29H27ClN6O2S.ClH/c1-16-17(2)39-29-26(16)27(20-6-9-22(30)10-7-20)33-24(28-35-34-18(3)36(28)29)14-25(38)32-23-11-8-19(5-4-12-31)21(13-23)15-37;/h6-11,13,24,37H,12,14-15,31H2,1-3H3,(H,32,38);1H/t24-;/m0./s1. The summed E-state index contributed by atoms with van der Waals surface area (Å²) in [4.78, 5) is 19.6. The number of fused-ring (bicyclic) bond motifs is 3. The van der Waals surface area contributed by atoms with Crippen molar-refractivity contribution in [1.82, 2.24) is 14.8 Å². The average Bonchev–Trinajstić information content (AvgIpc) is 3.40. The van der Waals surface area contributed by atoms with Crippen LogP contribution < -0.4 is 11.1 Å². The van der Waals surface area contributed by atoms with E-state index in [0.717, 1.165) is 33.2 Å². The third-order valence-corrected chi connectivity index (χ3v) is 8.06. The van der Waals surface area contributed by atoms with Gasteiger partial charge in [-0.3, -0.25) is 14.4 Å². The van der Waals surface area contributed by atoms with Crippen LogP contribution in [0.5, 0.6) is 0 Å². The number of halogens is 2. The number of anilines is 1. The number of aromatic nitrogens is 3. The van der Waals surface area contributed by atoms with Gasteiger partial charge in [-0.2, -0.15) is 0 Å². The molecule has 0 unspecified atom stereocenters. The Morgan fingerprint density at radius 1 is 1.18 bits per heavy atom. The molecule has 4 N–H and O–H groups in total. The molecule has 5 rings (SSSR count). The predicted octanol–water partition coefficient (Wildman–Crippen LogP) is 5.05. The van der Waals surface area contributed by atoms with Crippen LogP contribution in [0.15, 0.2) is 47.5 Å². The Morgan fingerprint density at radius 3 is 2.62 bits per heavy atom. The number of aliphatic hydroxyl groups excluding tert-OH is 1. The maximum atomic E-state index is 13.3. The number of benzene rings is 2. The van der Waals surface area contributed by atoms with Crippen molar-refractivity contribution in [1.29, 1.82) is 0 Å². The molecule has 0 spiro atoms.